The molecule has 0 saturated carbocycles. The Kier molecular flexibility index (Phi) is 3.24. The van der Waals surface area contributed by atoms with Crippen LogP contribution in [0.3, 0.4) is 0 Å². The molecule has 0 aromatic rings. The molecule has 1 saturated heterocycles. The molecule has 1 fully saturated rings. The van der Waals surface area contributed by atoms with E-state index < -0.39 is 0 Å². The summed E-state index contributed by atoms with van der Waals surface area (Å²) in [5.74, 6) is 0. The van der Waals surface area contributed by atoms with E-state index in [-0.39, 0.29) is 5.54 Å². The first kappa shape index (κ1) is 12.3. The quantitative estimate of drug-likeness (QED) is 0.562. The predicted molar refractivity (Wildman–Crippen MR) is 64.0 cm³/mol. The van der Waals surface area contributed by atoms with Crippen molar-refractivity contribution in [2.75, 3.05) is 6.54 Å². The third-order valence-electron chi connectivity index (χ3n) is 3.11. The van der Waals surface area contributed by atoms with Gasteiger partial charge < -0.3 is 0 Å². The number of nitrogens with zero attached hydrogens (tertiary/aromatic N) is 1. The minimum absolute atomic E-state index is 0.238. The second kappa shape index (κ2) is 3.68. The third kappa shape index (κ3) is 2.64. The van der Waals surface area contributed by atoms with E-state index in [1.54, 1.807) is 0 Å². The summed E-state index contributed by atoms with van der Waals surface area (Å²) in [5, 5.41) is 0.332. The smallest absolute Gasteiger partial charge is 0.0478 e. The van der Waals surface area contributed by atoms with Crippen molar-refractivity contribution in [3.05, 3.63) is 0 Å². The number of hydrogen-bond acceptors (Lipinski definition) is 1. The molecule has 14 heavy (non-hydrogen) atoms. The molecule has 0 bridgehead atoms. The second-order valence-electron chi connectivity index (χ2n) is 6.54. The van der Waals surface area contributed by atoms with Crippen molar-refractivity contribution < 1.29 is 0 Å². The highest BCUT2D eigenvalue weighted by Gasteiger charge is 2.42. The number of alkyl halides is 1. The van der Waals surface area contributed by atoms with Gasteiger partial charge in [-0.05, 0) is 32.6 Å². The van der Waals surface area contributed by atoms with Crippen molar-refractivity contribution in [1.29, 1.82) is 0 Å². The van der Waals surface area contributed by atoms with Gasteiger partial charge in [0.2, 0.25) is 0 Å². The fourth-order valence-corrected chi connectivity index (χ4v) is 2.66. The molecule has 0 unspecified atom stereocenters. The van der Waals surface area contributed by atoms with Crippen LogP contribution in [-0.4, -0.2) is 28.4 Å². The molecule has 1 heterocycles. The van der Waals surface area contributed by atoms with Crippen molar-refractivity contribution in [1.82, 2.24) is 4.90 Å². The van der Waals surface area contributed by atoms with Crippen LogP contribution in [0, 0.1) is 5.41 Å². The first-order valence-electron chi connectivity index (χ1n) is 5.53. The molecule has 1 aliphatic heterocycles. The Morgan fingerprint density at radius 2 is 1.57 bits per heavy atom. The highest BCUT2D eigenvalue weighted by molar-refractivity contribution is 6.21. The van der Waals surface area contributed by atoms with Gasteiger partial charge in [0.15, 0.2) is 0 Å². The lowest BCUT2D eigenvalue weighted by Crippen LogP contribution is -2.49. The fourth-order valence-electron chi connectivity index (χ4n) is 2.35. The van der Waals surface area contributed by atoms with Gasteiger partial charge in [0.1, 0.15) is 0 Å². The topological polar surface area (TPSA) is 3.24 Å². The van der Waals surface area contributed by atoms with Crippen LogP contribution >= 0.6 is 11.6 Å². The normalized spacial score (nSPS) is 31.1. The lowest BCUT2D eigenvalue weighted by Gasteiger charge is -2.42. The maximum Gasteiger partial charge on any atom is 0.0478 e. The summed E-state index contributed by atoms with van der Waals surface area (Å²) >= 11 is 6.27. The molecule has 1 aliphatic rings. The van der Waals surface area contributed by atoms with Crippen molar-refractivity contribution in [2.45, 2.75) is 64.9 Å². The average molecular weight is 218 g/mol. The summed E-state index contributed by atoms with van der Waals surface area (Å²) in [4.78, 5) is 2.56. The van der Waals surface area contributed by atoms with E-state index in [9.17, 15) is 0 Å². The van der Waals surface area contributed by atoms with Gasteiger partial charge in [0.25, 0.3) is 0 Å². The summed E-state index contributed by atoms with van der Waals surface area (Å²) in [5.41, 5.74) is 0.568. The van der Waals surface area contributed by atoms with Gasteiger partial charge in [-0.3, -0.25) is 4.90 Å². The van der Waals surface area contributed by atoms with Gasteiger partial charge in [-0.1, -0.05) is 20.8 Å². The monoisotopic (exact) mass is 217 g/mol. The Morgan fingerprint density at radius 1 is 1.07 bits per heavy atom. The zero-order chi connectivity index (χ0) is 11.1. The molecule has 1 nitrogen and oxygen atoms in total. The summed E-state index contributed by atoms with van der Waals surface area (Å²) < 4.78 is 0. The first-order valence-corrected chi connectivity index (χ1v) is 5.97. The predicted octanol–water partition coefficient (Wildman–Crippen LogP) is 3.51. The van der Waals surface area contributed by atoms with Gasteiger partial charge in [-0.15, -0.1) is 11.6 Å². The highest BCUT2D eigenvalue weighted by Crippen LogP contribution is 2.38. The summed E-state index contributed by atoms with van der Waals surface area (Å²) in [6, 6.07) is 0.616. The molecular formula is C12H24ClN. The number of halogens is 1. The van der Waals surface area contributed by atoms with Crippen LogP contribution < -0.4 is 0 Å². The highest BCUT2D eigenvalue weighted by atomic mass is 35.5. The maximum atomic E-state index is 6.27. The van der Waals surface area contributed by atoms with Crippen molar-refractivity contribution in [3.8, 4) is 0 Å². The van der Waals surface area contributed by atoms with Gasteiger partial charge in [0.05, 0.1) is 0 Å². The first-order chi connectivity index (χ1) is 6.12. The van der Waals surface area contributed by atoms with Gasteiger partial charge in [0, 0.05) is 23.5 Å². The number of likely N-dealkylation sites (tertiary alicyclic amines) is 1. The maximum absolute atomic E-state index is 6.27. The lowest BCUT2D eigenvalue weighted by atomic mass is 9.83. The molecule has 0 radical (unpaired) electrons. The standard InChI is InChI=1S/C12H24ClN/c1-11(2,3)10-7-9(13)8-14(10)12(4,5)6/h9-10H,7-8H2,1-6H3/t9-,10-/m0/s1. The third-order valence-corrected chi connectivity index (χ3v) is 3.43. The Balaban J connectivity index is 2.84. The number of hydrogen-bond donors (Lipinski definition) is 0. The fraction of sp³-hybridized carbons (Fsp3) is 1.00. The van der Waals surface area contributed by atoms with E-state index in [0.29, 0.717) is 16.8 Å². The van der Waals surface area contributed by atoms with Gasteiger partial charge in [-0.2, -0.15) is 0 Å². The van der Waals surface area contributed by atoms with Gasteiger partial charge in [-0.25, -0.2) is 0 Å². The average Bonchev–Trinajstić information content (AvgIpc) is 2.27. The van der Waals surface area contributed by atoms with E-state index >= 15 is 0 Å². The Bertz CT molecular complexity index is 177. The molecule has 0 amide bonds. The van der Waals surface area contributed by atoms with E-state index in [4.69, 9.17) is 11.6 Å². The molecule has 84 valence electrons. The lowest BCUT2D eigenvalue weighted by molar-refractivity contribution is 0.0582. The van der Waals surface area contributed by atoms with Crippen LogP contribution in [0.1, 0.15) is 48.0 Å². The Hall–Kier alpha value is 0.250. The van der Waals surface area contributed by atoms with Crippen LogP contribution in [0.25, 0.3) is 0 Å². The minimum atomic E-state index is 0.238. The van der Waals surface area contributed by atoms with Gasteiger partial charge >= 0.3 is 0 Å². The molecule has 2 atom stereocenters. The second-order valence-corrected chi connectivity index (χ2v) is 7.16. The zero-order valence-electron chi connectivity index (χ0n) is 10.4. The van der Waals surface area contributed by atoms with E-state index in [1.807, 2.05) is 0 Å². The van der Waals surface area contributed by atoms with Crippen LogP contribution in [0.2, 0.25) is 0 Å². The Morgan fingerprint density at radius 3 is 1.86 bits per heavy atom. The van der Waals surface area contributed by atoms with Crippen LogP contribution in [0.5, 0.6) is 0 Å². The van der Waals surface area contributed by atoms with Crippen molar-refractivity contribution >= 4 is 11.6 Å². The van der Waals surface area contributed by atoms with Crippen LogP contribution in [-0.2, 0) is 0 Å². The molecule has 2 heteroatoms. The van der Waals surface area contributed by atoms with Crippen LogP contribution in [0.4, 0.5) is 0 Å². The Labute approximate surface area is 93.8 Å². The minimum Gasteiger partial charge on any atom is -0.293 e. The van der Waals surface area contributed by atoms with E-state index in [2.05, 4.69) is 46.4 Å². The summed E-state index contributed by atoms with van der Waals surface area (Å²) in [7, 11) is 0. The molecule has 1 rings (SSSR count). The zero-order valence-corrected chi connectivity index (χ0v) is 11.2. The summed E-state index contributed by atoms with van der Waals surface area (Å²) in [6.45, 7) is 14.8. The molecule has 0 N–H and O–H groups in total. The van der Waals surface area contributed by atoms with Crippen molar-refractivity contribution in [3.63, 3.8) is 0 Å². The summed E-state index contributed by atoms with van der Waals surface area (Å²) in [6.07, 6.45) is 1.13. The van der Waals surface area contributed by atoms with E-state index in [0.717, 1.165) is 13.0 Å². The molecule has 0 spiro atoms. The molecule has 0 aromatic carbocycles. The van der Waals surface area contributed by atoms with Crippen molar-refractivity contribution in [2.24, 2.45) is 5.41 Å². The van der Waals surface area contributed by atoms with Crippen LogP contribution in [0.15, 0.2) is 0 Å². The molecular weight excluding hydrogens is 194 g/mol. The SMILES string of the molecule is CC(C)(C)[C@@H]1C[C@H](Cl)CN1C(C)(C)C. The molecule has 0 aromatic heterocycles. The number of rotatable bonds is 0. The largest absolute Gasteiger partial charge is 0.293 e. The van der Waals surface area contributed by atoms with E-state index in [1.165, 1.54) is 0 Å². The molecule has 0 aliphatic carbocycles.